The van der Waals surface area contributed by atoms with Gasteiger partial charge in [-0.15, -0.1) is 0 Å². The van der Waals surface area contributed by atoms with Crippen LogP contribution in [0.25, 0.3) is 0 Å². The average Bonchev–Trinajstić information content (AvgIpc) is 2.43. The van der Waals surface area contributed by atoms with Crippen LogP contribution >= 0.6 is 0 Å². The highest BCUT2D eigenvalue weighted by atomic mass is 16.5. The van der Waals surface area contributed by atoms with Crippen LogP contribution in [0.5, 0.6) is 5.75 Å². The highest BCUT2D eigenvalue weighted by Gasteiger charge is 2.09. The number of benzene rings is 1. The van der Waals surface area contributed by atoms with Crippen molar-refractivity contribution < 1.29 is 9.47 Å². The molecule has 19 heavy (non-hydrogen) atoms. The fourth-order valence-electron chi connectivity index (χ4n) is 2.08. The third-order valence-corrected chi connectivity index (χ3v) is 3.44. The van der Waals surface area contributed by atoms with E-state index in [4.69, 9.17) is 15.2 Å². The van der Waals surface area contributed by atoms with Gasteiger partial charge < -0.3 is 20.1 Å². The second-order valence-electron chi connectivity index (χ2n) is 4.55. The van der Waals surface area contributed by atoms with Crippen LogP contribution in [0.3, 0.4) is 0 Å². The number of likely N-dealkylation sites (N-methyl/N-ethyl adjacent to an activating group) is 1. The third-order valence-electron chi connectivity index (χ3n) is 3.44. The van der Waals surface area contributed by atoms with Gasteiger partial charge in [0.1, 0.15) is 5.75 Å². The molecule has 1 rings (SSSR count). The number of methoxy groups -OCH3 is 1. The van der Waals surface area contributed by atoms with E-state index >= 15 is 0 Å². The van der Waals surface area contributed by atoms with Crippen molar-refractivity contribution in [2.45, 2.75) is 27.4 Å². The maximum atomic E-state index is 5.87. The highest BCUT2D eigenvalue weighted by Crippen LogP contribution is 2.28. The summed E-state index contributed by atoms with van der Waals surface area (Å²) in [6.45, 7) is 10.7. The molecule has 0 unspecified atom stereocenters. The average molecular weight is 266 g/mol. The van der Waals surface area contributed by atoms with Gasteiger partial charge in [0.2, 0.25) is 0 Å². The Kier molecular flexibility index (Phi) is 6.67. The number of nitrogen functional groups attached to an aromatic ring is 1. The first-order valence-corrected chi connectivity index (χ1v) is 6.86. The summed E-state index contributed by atoms with van der Waals surface area (Å²) in [6, 6.07) is 3.87. The molecule has 1 aromatic carbocycles. The Morgan fingerprint density at radius 3 is 2.47 bits per heavy atom. The van der Waals surface area contributed by atoms with Gasteiger partial charge in [-0.05, 0) is 26.1 Å². The molecule has 0 aromatic heterocycles. The van der Waals surface area contributed by atoms with Crippen LogP contribution in [0.2, 0.25) is 0 Å². The van der Waals surface area contributed by atoms with Gasteiger partial charge in [-0.2, -0.15) is 0 Å². The molecule has 0 fully saturated rings. The molecule has 0 spiro atoms. The Bertz CT molecular complexity index is 390. The van der Waals surface area contributed by atoms with Gasteiger partial charge >= 0.3 is 0 Å². The number of rotatable bonds is 8. The molecular formula is C15H26N2O2. The predicted octanol–water partition coefficient (Wildman–Crippen LogP) is 2.44. The molecule has 0 amide bonds. The molecule has 0 aliphatic heterocycles. The molecule has 0 radical (unpaired) electrons. The van der Waals surface area contributed by atoms with Gasteiger partial charge in [-0.3, -0.25) is 0 Å². The minimum atomic E-state index is 0.561. The van der Waals surface area contributed by atoms with Crippen molar-refractivity contribution in [1.29, 1.82) is 0 Å². The molecule has 108 valence electrons. The van der Waals surface area contributed by atoms with E-state index in [9.17, 15) is 0 Å². The standard InChI is InChI=1S/C15H26N2O2/c1-5-17(6-2)9-10-19-11-13-7-8-14(16)12(3)15(13)18-4/h7-8H,5-6,9-11,16H2,1-4H3. The lowest BCUT2D eigenvalue weighted by atomic mass is 10.1. The van der Waals surface area contributed by atoms with Gasteiger partial charge in [0.15, 0.2) is 0 Å². The van der Waals surface area contributed by atoms with Crippen molar-refractivity contribution in [2.24, 2.45) is 0 Å². The highest BCUT2D eigenvalue weighted by molar-refractivity contribution is 5.56. The second-order valence-corrected chi connectivity index (χ2v) is 4.55. The number of anilines is 1. The lowest BCUT2D eigenvalue weighted by Crippen LogP contribution is -2.27. The molecule has 0 aliphatic carbocycles. The van der Waals surface area contributed by atoms with E-state index < -0.39 is 0 Å². The van der Waals surface area contributed by atoms with Crippen LogP contribution in [0.15, 0.2) is 12.1 Å². The molecular weight excluding hydrogens is 240 g/mol. The number of hydrogen-bond acceptors (Lipinski definition) is 4. The molecule has 2 N–H and O–H groups in total. The van der Waals surface area contributed by atoms with E-state index in [-0.39, 0.29) is 0 Å². The second kappa shape index (κ2) is 8.02. The summed E-state index contributed by atoms with van der Waals surface area (Å²) < 4.78 is 11.1. The Hall–Kier alpha value is -1.26. The molecule has 0 aliphatic rings. The van der Waals surface area contributed by atoms with E-state index in [2.05, 4.69) is 18.7 Å². The van der Waals surface area contributed by atoms with Crippen LogP contribution in [-0.2, 0) is 11.3 Å². The van der Waals surface area contributed by atoms with E-state index in [0.29, 0.717) is 6.61 Å². The molecule has 0 bridgehead atoms. The lowest BCUT2D eigenvalue weighted by molar-refractivity contribution is 0.0942. The number of nitrogens with zero attached hydrogens (tertiary/aromatic N) is 1. The van der Waals surface area contributed by atoms with Crippen molar-refractivity contribution in [3.05, 3.63) is 23.3 Å². The molecule has 0 heterocycles. The molecule has 1 aromatic rings. The molecule has 4 nitrogen and oxygen atoms in total. The van der Waals surface area contributed by atoms with Crippen LogP contribution in [0.1, 0.15) is 25.0 Å². The fourth-order valence-corrected chi connectivity index (χ4v) is 2.08. The van der Waals surface area contributed by atoms with Gasteiger partial charge in [0.25, 0.3) is 0 Å². The van der Waals surface area contributed by atoms with E-state index in [1.165, 1.54) is 0 Å². The number of ether oxygens (including phenoxy) is 2. The summed E-state index contributed by atoms with van der Waals surface area (Å²) >= 11 is 0. The van der Waals surface area contributed by atoms with Crippen molar-refractivity contribution in [3.8, 4) is 5.75 Å². The summed E-state index contributed by atoms with van der Waals surface area (Å²) in [5.41, 5.74) is 8.65. The lowest BCUT2D eigenvalue weighted by Gasteiger charge is -2.18. The zero-order valence-corrected chi connectivity index (χ0v) is 12.5. The smallest absolute Gasteiger partial charge is 0.129 e. The van der Waals surface area contributed by atoms with E-state index in [1.54, 1.807) is 7.11 Å². The summed E-state index contributed by atoms with van der Waals surface area (Å²) in [5, 5.41) is 0. The SMILES string of the molecule is CCN(CC)CCOCc1ccc(N)c(C)c1OC. The van der Waals surface area contributed by atoms with Gasteiger partial charge in [0.05, 0.1) is 20.3 Å². The zero-order chi connectivity index (χ0) is 14.3. The van der Waals surface area contributed by atoms with Crippen molar-refractivity contribution in [2.75, 3.05) is 39.1 Å². The van der Waals surface area contributed by atoms with Crippen molar-refractivity contribution >= 4 is 5.69 Å². The summed E-state index contributed by atoms with van der Waals surface area (Å²) in [4.78, 5) is 2.34. The minimum Gasteiger partial charge on any atom is -0.496 e. The summed E-state index contributed by atoms with van der Waals surface area (Å²) in [7, 11) is 1.67. The summed E-state index contributed by atoms with van der Waals surface area (Å²) in [5.74, 6) is 0.836. The summed E-state index contributed by atoms with van der Waals surface area (Å²) in [6.07, 6.45) is 0. The minimum absolute atomic E-state index is 0.561. The van der Waals surface area contributed by atoms with Gasteiger partial charge in [-0.1, -0.05) is 19.9 Å². The molecule has 0 saturated heterocycles. The van der Waals surface area contributed by atoms with Crippen LogP contribution < -0.4 is 10.5 Å². The first-order chi connectivity index (χ1) is 9.13. The maximum absolute atomic E-state index is 5.87. The molecule has 0 saturated carbocycles. The maximum Gasteiger partial charge on any atom is 0.129 e. The Balaban J connectivity index is 2.52. The van der Waals surface area contributed by atoms with Crippen LogP contribution in [-0.4, -0.2) is 38.3 Å². The number of nitrogens with two attached hydrogens (primary N) is 1. The Labute approximate surface area is 116 Å². The van der Waals surface area contributed by atoms with Crippen molar-refractivity contribution in [1.82, 2.24) is 4.90 Å². The molecule has 4 heteroatoms. The zero-order valence-electron chi connectivity index (χ0n) is 12.5. The normalized spacial score (nSPS) is 11.0. The van der Waals surface area contributed by atoms with E-state index in [0.717, 1.165) is 48.8 Å². The third kappa shape index (κ3) is 4.40. The Morgan fingerprint density at radius 2 is 1.89 bits per heavy atom. The van der Waals surface area contributed by atoms with Gasteiger partial charge in [0, 0.05) is 23.4 Å². The largest absolute Gasteiger partial charge is 0.496 e. The first kappa shape index (κ1) is 15.8. The monoisotopic (exact) mass is 266 g/mol. The fraction of sp³-hybridized carbons (Fsp3) is 0.600. The van der Waals surface area contributed by atoms with Crippen LogP contribution in [0, 0.1) is 6.92 Å². The quantitative estimate of drug-likeness (QED) is 0.580. The molecule has 0 atom stereocenters. The van der Waals surface area contributed by atoms with Crippen LogP contribution in [0.4, 0.5) is 5.69 Å². The van der Waals surface area contributed by atoms with E-state index in [1.807, 2.05) is 19.1 Å². The topological polar surface area (TPSA) is 47.7 Å². The van der Waals surface area contributed by atoms with Gasteiger partial charge in [-0.25, -0.2) is 0 Å². The Morgan fingerprint density at radius 1 is 1.21 bits per heavy atom. The first-order valence-electron chi connectivity index (χ1n) is 6.86. The predicted molar refractivity (Wildman–Crippen MR) is 79.6 cm³/mol. The number of hydrogen-bond donors (Lipinski definition) is 1. The van der Waals surface area contributed by atoms with Crippen molar-refractivity contribution in [3.63, 3.8) is 0 Å².